The molecule has 3 heterocycles. The van der Waals surface area contributed by atoms with Gasteiger partial charge in [-0.15, -0.1) is 12.3 Å². The zero-order valence-corrected chi connectivity index (χ0v) is 14.9. The van der Waals surface area contributed by atoms with Crippen molar-refractivity contribution >= 4 is 11.9 Å². The summed E-state index contributed by atoms with van der Waals surface area (Å²) in [7, 11) is 0. The van der Waals surface area contributed by atoms with Crippen molar-refractivity contribution in [3.05, 3.63) is 29.8 Å². The highest BCUT2D eigenvalue weighted by atomic mass is 16.5. The molecule has 3 aliphatic rings. The first-order valence-electron chi connectivity index (χ1n) is 9.10. The molecule has 0 saturated carbocycles. The normalized spacial score (nSPS) is 26.5. The Morgan fingerprint density at radius 1 is 1.33 bits per heavy atom. The van der Waals surface area contributed by atoms with E-state index in [1.807, 2.05) is 24.3 Å². The van der Waals surface area contributed by atoms with Crippen LogP contribution in [-0.4, -0.2) is 47.2 Å². The van der Waals surface area contributed by atoms with Crippen LogP contribution in [0.1, 0.15) is 37.2 Å². The molecule has 140 valence electrons. The first kappa shape index (κ1) is 17.5. The third kappa shape index (κ3) is 2.95. The number of carboxylic acid groups (broad SMARTS) is 1. The average molecular weight is 367 g/mol. The van der Waals surface area contributed by atoms with E-state index in [-0.39, 0.29) is 31.4 Å². The molecule has 27 heavy (non-hydrogen) atoms. The van der Waals surface area contributed by atoms with E-state index in [1.165, 1.54) is 0 Å². The van der Waals surface area contributed by atoms with Crippen molar-refractivity contribution in [3.63, 3.8) is 0 Å². The first-order chi connectivity index (χ1) is 13.0. The van der Waals surface area contributed by atoms with Crippen LogP contribution in [0, 0.1) is 17.8 Å². The van der Waals surface area contributed by atoms with Gasteiger partial charge in [0.1, 0.15) is 17.8 Å². The highest BCUT2D eigenvalue weighted by Crippen LogP contribution is 2.50. The standard InChI is InChI=1S/C20H21N3O4/c1-2-3-9-20(21-22-20)10-8-17(24)23-11-15-14-6-4-5-7-16(14)27-13-19(15,12-23)18(25)26/h1,4-7,15H,3,8-13H2,(H,25,26)/t15-,19-/m0/s1. The maximum atomic E-state index is 12.8. The maximum absolute atomic E-state index is 12.8. The molecule has 7 nitrogen and oxygen atoms in total. The highest BCUT2D eigenvalue weighted by molar-refractivity contribution is 5.83. The topological polar surface area (TPSA) is 91.6 Å². The minimum atomic E-state index is -1.10. The van der Waals surface area contributed by atoms with Crippen LogP contribution in [0.15, 0.2) is 34.5 Å². The molecule has 7 heteroatoms. The predicted molar refractivity (Wildman–Crippen MR) is 96.2 cm³/mol. The highest BCUT2D eigenvalue weighted by Gasteiger charge is 2.57. The van der Waals surface area contributed by atoms with Crippen molar-refractivity contribution in [3.8, 4) is 18.1 Å². The third-order valence-electron chi connectivity index (χ3n) is 5.89. The number of hydrogen-bond acceptors (Lipinski definition) is 5. The number of terminal acetylenes is 1. The quantitative estimate of drug-likeness (QED) is 0.782. The number of likely N-dealkylation sites (tertiary alicyclic amines) is 1. The van der Waals surface area contributed by atoms with E-state index in [2.05, 4.69) is 16.1 Å². The van der Waals surface area contributed by atoms with Gasteiger partial charge in [-0.3, -0.25) is 9.59 Å². The number of aliphatic carboxylic acids is 1. The van der Waals surface area contributed by atoms with Crippen LogP contribution in [0.25, 0.3) is 0 Å². The third-order valence-corrected chi connectivity index (χ3v) is 5.89. The van der Waals surface area contributed by atoms with Crippen LogP contribution in [0.2, 0.25) is 0 Å². The van der Waals surface area contributed by atoms with E-state index in [4.69, 9.17) is 11.2 Å². The van der Waals surface area contributed by atoms with Gasteiger partial charge in [-0.25, -0.2) is 0 Å². The Morgan fingerprint density at radius 2 is 2.11 bits per heavy atom. The smallest absolute Gasteiger partial charge is 0.315 e. The van der Waals surface area contributed by atoms with Gasteiger partial charge >= 0.3 is 5.97 Å². The number of nitrogens with zero attached hydrogens (tertiary/aromatic N) is 3. The number of carbonyl (C=O) groups excluding carboxylic acids is 1. The molecular formula is C20H21N3O4. The van der Waals surface area contributed by atoms with Gasteiger partial charge in [-0.2, -0.15) is 10.2 Å². The zero-order chi connectivity index (χ0) is 19.1. The Balaban J connectivity index is 1.48. The lowest BCUT2D eigenvalue weighted by molar-refractivity contribution is -0.152. The van der Waals surface area contributed by atoms with E-state index in [1.54, 1.807) is 4.90 Å². The number of benzene rings is 1. The summed E-state index contributed by atoms with van der Waals surface area (Å²) in [5, 5.41) is 18.0. The summed E-state index contributed by atoms with van der Waals surface area (Å²) in [6, 6.07) is 7.47. The summed E-state index contributed by atoms with van der Waals surface area (Å²) in [6.07, 6.45) is 7.31. The Labute approximate surface area is 157 Å². The molecule has 1 fully saturated rings. The summed E-state index contributed by atoms with van der Waals surface area (Å²) in [5.41, 5.74) is -0.743. The molecule has 0 unspecified atom stereocenters. The number of ether oxygens (including phenoxy) is 1. The van der Waals surface area contributed by atoms with Gasteiger partial charge in [0.05, 0.1) is 0 Å². The molecule has 1 aromatic carbocycles. The lowest BCUT2D eigenvalue weighted by Gasteiger charge is -2.35. The molecule has 0 aliphatic carbocycles. The summed E-state index contributed by atoms with van der Waals surface area (Å²) < 4.78 is 5.73. The number of rotatable bonds is 6. The fraction of sp³-hybridized carbons (Fsp3) is 0.500. The first-order valence-corrected chi connectivity index (χ1v) is 9.10. The second-order valence-corrected chi connectivity index (χ2v) is 7.50. The molecule has 4 rings (SSSR count). The number of para-hydroxylation sites is 1. The van der Waals surface area contributed by atoms with Crippen molar-refractivity contribution in [2.24, 2.45) is 15.6 Å². The monoisotopic (exact) mass is 367 g/mol. The largest absolute Gasteiger partial charge is 0.492 e. The molecule has 1 aromatic rings. The lowest BCUT2D eigenvalue weighted by Crippen LogP contribution is -2.46. The predicted octanol–water partition coefficient (Wildman–Crippen LogP) is 2.43. The summed E-state index contributed by atoms with van der Waals surface area (Å²) >= 11 is 0. The van der Waals surface area contributed by atoms with Crippen molar-refractivity contribution in [2.45, 2.75) is 37.3 Å². The fourth-order valence-electron chi connectivity index (χ4n) is 4.16. The zero-order valence-electron chi connectivity index (χ0n) is 14.9. The van der Waals surface area contributed by atoms with Gasteiger partial charge in [-0.1, -0.05) is 18.2 Å². The van der Waals surface area contributed by atoms with Crippen LogP contribution >= 0.6 is 0 Å². The Morgan fingerprint density at radius 3 is 2.81 bits per heavy atom. The van der Waals surface area contributed by atoms with Gasteiger partial charge in [-0.05, 0) is 6.07 Å². The van der Waals surface area contributed by atoms with E-state index in [0.29, 0.717) is 31.6 Å². The van der Waals surface area contributed by atoms with Crippen molar-refractivity contribution in [2.75, 3.05) is 19.7 Å². The van der Waals surface area contributed by atoms with Gasteiger partial charge in [0.15, 0.2) is 5.66 Å². The lowest BCUT2D eigenvalue weighted by atomic mass is 9.73. The average Bonchev–Trinajstić information content (AvgIpc) is 3.33. The van der Waals surface area contributed by atoms with E-state index >= 15 is 0 Å². The van der Waals surface area contributed by atoms with Crippen LogP contribution in [0.5, 0.6) is 5.75 Å². The molecule has 0 radical (unpaired) electrons. The minimum absolute atomic E-state index is 0.0695. The minimum Gasteiger partial charge on any atom is -0.492 e. The van der Waals surface area contributed by atoms with Gasteiger partial charge in [0, 0.05) is 50.3 Å². The molecule has 0 aromatic heterocycles. The second kappa shape index (κ2) is 6.38. The Bertz CT molecular complexity index is 853. The molecule has 1 N–H and O–H groups in total. The molecule has 0 spiro atoms. The Kier molecular flexibility index (Phi) is 4.14. The van der Waals surface area contributed by atoms with Crippen LogP contribution < -0.4 is 4.74 Å². The number of amides is 1. The maximum Gasteiger partial charge on any atom is 0.315 e. The van der Waals surface area contributed by atoms with E-state index in [0.717, 1.165) is 5.56 Å². The number of hydrogen-bond donors (Lipinski definition) is 1. The molecular weight excluding hydrogens is 346 g/mol. The van der Waals surface area contributed by atoms with E-state index < -0.39 is 17.0 Å². The second-order valence-electron chi connectivity index (χ2n) is 7.50. The van der Waals surface area contributed by atoms with Crippen LogP contribution in [0.3, 0.4) is 0 Å². The molecule has 2 atom stereocenters. The van der Waals surface area contributed by atoms with Gasteiger partial charge in [0.2, 0.25) is 5.91 Å². The number of carbonyl (C=O) groups is 2. The Hall–Kier alpha value is -2.88. The summed E-state index contributed by atoms with van der Waals surface area (Å²) in [5.74, 6) is 2.02. The number of fused-ring (bicyclic) bond motifs is 3. The molecule has 3 aliphatic heterocycles. The van der Waals surface area contributed by atoms with Crippen LogP contribution in [0.4, 0.5) is 0 Å². The molecule has 0 bridgehead atoms. The van der Waals surface area contributed by atoms with Crippen molar-refractivity contribution in [1.82, 2.24) is 4.90 Å². The van der Waals surface area contributed by atoms with Crippen molar-refractivity contribution in [1.29, 1.82) is 0 Å². The number of carboxylic acids is 1. The van der Waals surface area contributed by atoms with Crippen LogP contribution in [-0.2, 0) is 9.59 Å². The van der Waals surface area contributed by atoms with Crippen molar-refractivity contribution < 1.29 is 19.4 Å². The fourth-order valence-corrected chi connectivity index (χ4v) is 4.16. The summed E-state index contributed by atoms with van der Waals surface area (Å²) in [6.45, 7) is 0.619. The van der Waals surface area contributed by atoms with Gasteiger partial charge < -0.3 is 14.7 Å². The summed E-state index contributed by atoms with van der Waals surface area (Å²) in [4.78, 5) is 26.6. The van der Waals surface area contributed by atoms with E-state index in [9.17, 15) is 14.7 Å². The van der Waals surface area contributed by atoms with Gasteiger partial charge in [0.25, 0.3) is 0 Å². The SMILES string of the molecule is C#CCCC1(CCC(=O)N2C[C@H]3c4ccccc4OC[C@@]3(C(=O)O)C2)N=N1. The molecule has 1 amide bonds. The molecule has 1 saturated heterocycles.